The topological polar surface area (TPSA) is 9.23 Å². The molecule has 0 saturated heterocycles. The van der Waals surface area contributed by atoms with E-state index in [-0.39, 0.29) is 5.60 Å². The molecule has 0 radical (unpaired) electrons. The van der Waals surface area contributed by atoms with Gasteiger partial charge in [-0.05, 0) is 19.3 Å². The second kappa shape index (κ2) is 2.53. The van der Waals surface area contributed by atoms with Crippen molar-refractivity contribution in [3.63, 3.8) is 0 Å². The number of ether oxygens (including phenoxy) is 1. The van der Waals surface area contributed by atoms with Gasteiger partial charge in [-0.1, -0.05) is 19.1 Å². The monoisotopic (exact) mass is 126 g/mol. The molecule has 0 saturated carbocycles. The Kier molecular flexibility index (Phi) is 1.91. The van der Waals surface area contributed by atoms with E-state index >= 15 is 0 Å². The van der Waals surface area contributed by atoms with Gasteiger partial charge in [0.15, 0.2) is 0 Å². The van der Waals surface area contributed by atoms with Crippen LogP contribution in [-0.2, 0) is 4.74 Å². The molecule has 1 heteroatoms. The van der Waals surface area contributed by atoms with E-state index in [0.717, 1.165) is 6.42 Å². The molecule has 0 aromatic rings. The molecule has 0 spiro atoms. The van der Waals surface area contributed by atoms with Crippen molar-refractivity contribution in [2.24, 2.45) is 0 Å². The third-order valence-electron chi connectivity index (χ3n) is 2.16. The molecule has 1 unspecified atom stereocenters. The smallest absolute Gasteiger partial charge is 0.0859 e. The van der Waals surface area contributed by atoms with E-state index in [1.165, 1.54) is 12.8 Å². The summed E-state index contributed by atoms with van der Waals surface area (Å²) in [5, 5.41) is 0. The van der Waals surface area contributed by atoms with Crippen LogP contribution in [0, 0.1) is 0 Å². The Morgan fingerprint density at radius 3 is 2.67 bits per heavy atom. The number of hydrogen-bond donors (Lipinski definition) is 0. The van der Waals surface area contributed by atoms with Gasteiger partial charge in [-0.3, -0.25) is 0 Å². The average molecular weight is 126 g/mol. The molecule has 0 aliphatic heterocycles. The molecule has 1 aliphatic rings. The predicted octanol–water partition coefficient (Wildman–Crippen LogP) is 2.13. The summed E-state index contributed by atoms with van der Waals surface area (Å²) in [6.45, 7) is 2.17. The molecular formula is C8H14O. The van der Waals surface area contributed by atoms with Crippen molar-refractivity contribution >= 4 is 0 Å². The fraction of sp³-hybridized carbons (Fsp3) is 0.750. The summed E-state index contributed by atoms with van der Waals surface area (Å²) in [6.07, 6.45) is 7.83. The fourth-order valence-corrected chi connectivity index (χ4v) is 1.32. The summed E-state index contributed by atoms with van der Waals surface area (Å²) in [6, 6.07) is 0. The minimum Gasteiger partial charge on any atom is -0.374 e. The molecule has 1 atom stereocenters. The summed E-state index contributed by atoms with van der Waals surface area (Å²) in [7, 11) is 1.79. The lowest BCUT2D eigenvalue weighted by Gasteiger charge is -2.23. The normalized spacial score (nSPS) is 33.6. The van der Waals surface area contributed by atoms with Crippen LogP contribution < -0.4 is 0 Å². The zero-order chi connectivity index (χ0) is 6.74. The zero-order valence-electron chi connectivity index (χ0n) is 6.18. The van der Waals surface area contributed by atoms with Crippen molar-refractivity contribution in [1.29, 1.82) is 0 Å². The molecule has 0 aromatic heterocycles. The van der Waals surface area contributed by atoms with Crippen molar-refractivity contribution in [3.8, 4) is 0 Å². The molecule has 1 aliphatic carbocycles. The largest absolute Gasteiger partial charge is 0.374 e. The molecule has 0 heterocycles. The number of methoxy groups -OCH3 is 1. The lowest BCUT2D eigenvalue weighted by Crippen LogP contribution is -2.24. The van der Waals surface area contributed by atoms with Crippen LogP contribution in [-0.4, -0.2) is 12.7 Å². The lowest BCUT2D eigenvalue weighted by atomic mass is 10.0. The van der Waals surface area contributed by atoms with Crippen molar-refractivity contribution in [2.75, 3.05) is 7.11 Å². The maximum Gasteiger partial charge on any atom is 0.0859 e. The molecule has 0 fully saturated rings. The summed E-state index contributed by atoms with van der Waals surface area (Å²) < 4.78 is 5.36. The van der Waals surface area contributed by atoms with E-state index in [9.17, 15) is 0 Å². The highest BCUT2D eigenvalue weighted by Crippen LogP contribution is 2.28. The van der Waals surface area contributed by atoms with Crippen LogP contribution in [0.4, 0.5) is 0 Å². The minimum absolute atomic E-state index is 0.0972. The van der Waals surface area contributed by atoms with E-state index in [1.807, 2.05) is 0 Å². The third kappa shape index (κ3) is 1.16. The first-order valence-electron chi connectivity index (χ1n) is 3.56. The SMILES string of the molecule is CCC1(OC)C=CCC1. The third-order valence-corrected chi connectivity index (χ3v) is 2.16. The summed E-state index contributed by atoms with van der Waals surface area (Å²) >= 11 is 0. The van der Waals surface area contributed by atoms with Gasteiger partial charge in [0.2, 0.25) is 0 Å². The Hall–Kier alpha value is -0.300. The van der Waals surface area contributed by atoms with Crippen LogP contribution >= 0.6 is 0 Å². The minimum atomic E-state index is 0.0972. The number of hydrogen-bond acceptors (Lipinski definition) is 1. The Morgan fingerprint density at radius 1 is 1.67 bits per heavy atom. The van der Waals surface area contributed by atoms with E-state index < -0.39 is 0 Å². The van der Waals surface area contributed by atoms with Crippen molar-refractivity contribution in [1.82, 2.24) is 0 Å². The highest BCUT2D eigenvalue weighted by Gasteiger charge is 2.26. The van der Waals surface area contributed by atoms with E-state index in [4.69, 9.17) is 4.74 Å². The van der Waals surface area contributed by atoms with E-state index in [2.05, 4.69) is 19.1 Å². The molecule has 0 N–H and O–H groups in total. The lowest BCUT2D eigenvalue weighted by molar-refractivity contribution is 0.0292. The van der Waals surface area contributed by atoms with Gasteiger partial charge in [-0.15, -0.1) is 0 Å². The van der Waals surface area contributed by atoms with Crippen molar-refractivity contribution in [3.05, 3.63) is 12.2 Å². The second-order valence-corrected chi connectivity index (χ2v) is 2.56. The van der Waals surface area contributed by atoms with Gasteiger partial charge in [-0.25, -0.2) is 0 Å². The maximum atomic E-state index is 5.36. The summed E-state index contributed by atoms with van der Waals surface area (Å²) in [5.41, 5.74) is 0.0972. The molecular weight excluding hydrogens is 112 g/mol. The molecule has 0 amide bonds. The Bertz CT molecular complexity index is 112. The van der Waals surface area contributed by atoms with Gasteiger partial charge in [0, 0.05) is 7.11 Å². The molecule has 0 aromatic carbocycles. The second-order valence-electron chi connectivity index (χ2n) is 2.56. The molecule has 1 rings (SSSR count). The van der Waals surface area contributed by atoms with Crippen molar-refractivity contribution < 1.29 is 4.74 Å². The van der Waals surface area contributed by atoms with Gasteiger partial charge < -0.3 is 4.74 Å². The van der Waals surface area contributed by atoms with Crippen LogP contribution in [0.3, 0.4) is 0 Å². The molecule has 1 nitrogen and oxygen atoms in total. The van der Waals surface area contributed by atoms with E-state index in [1.54, 1.807) is 7.11 Å². The highest BCUT2D eigenvalue weighted by molar-refractivity contribution is 5.08. The van der Waals surface area contributed by atoms with Crippen molar-refractivity contribution in [2.45, 2.75) is 31.8 Å². The quantitative estimate of drug-likeness (QED) is 0.515. The van der Waals surface area contributed by atoms with Crippen LogP contribution in [0.15, 0.2) is 12.2 Å². The highest BCUT2D eigenvalue weighted by atomic mass is 16.5. The maximum absolute atomic E-state index is 5.36. The molecule has 9 heavy (non-hydrogen) atoms. The average Bonchev–Trinajstić information content (AvgIpc) is 2.36. The molecule has 52 valence electrons. The van der Waals surface area contributed by atoms with Crippen LogP contribution in [0.2, 0.25) is 0 Å². The Morgan fingerprint density at radius 2 is 2.44 bits per heavy atom. The van der Waals surface area contributed by atoms with Gasteiger partial charge in [0.1, 0.15) is 0 Å². The Balaban J connectivity index is 2.57. The van der Waals surface area contributed by atoms with Gasteiger partial charge in [0.25, 0.3) is 0 Å². The van der Waals surface area contributed by atoms with E-state index in [0.29, 0.717) is 0 Å². The van der Waals surface area contributed by atoms with Crippen LogP contribution in [0.1, 0.15) is 26.2 Å². The predicted molar refractivity (Wildman–Crippen MR) is 38.4 cm³/mol. The summed E-state index contributed by atoms with van der Waals surface area (Å²) in [5.74, 6) is 0. The first-order valence-corrected chi connectivity index (χ1v) is 3.56. The van der Waals surface area contributed by atoms with Crippen LogP contribution in [0.25, 0.3) is 0 Å². The molecule has 0 bridgehead atoms. The van der Waals surface area contributed by atoms with Gasteiger partial charge >= 0.3 is 0 Å². The van der Waals surface area contributed by atoms with Gasteiger partial charge in [0.05, 0.1) is 5.60 Å². The summed E-state index contributed by atoms with van der Waals surface area (Å²) in [4.78, 5) is 0. The zero-order valence-corrected chi connectivity index (χ0v) is 6.18. The van der Waals surface area contributed by atoms with Crippen LogP contribution in [0.5, 0.6) is 0 Å². The Labute approximate surface area is 56.7 Å². The first-order chi connectivity index (χ1) is 4.33. The first kappa shape index (κ1) is 6.81. The fourth-order valence-electron chi connectivity index (χ4n) is 1.32. The van der Waals surface area contributed by atoms with Gasteiger partial charge in [-0.2, -0.15) is 0 Å². The number of allylic oxidation sites excluding steroid dienone is 1. The number of rotatable bonds is 2. The standard InChI is InChI=1S/C8H14O/c1-3-8(9-2)6-4-5-7-8/h4,6H,3,5,7H2,1-2H3.